The molecule has 0 radical (unpaired) electrons. The van der Waals surface area contributed by atoms with E-state index < -0.39 is 0 Å². The number of rotatable bonds is 7. The van der Waals surface area contributed by atoms with Crippen molar-refractivity contribution in [2.45, 2.75) is 26.3 Å². The molecule has 1 heterocycles. The number of pyridine rings is 1. The number of hydrogen-bond donors (Lipinski definition) is 1. The molecular weight excluding hydrogens is 400 g/mol. The van der Waals surface area contributed by atoms with Gasteiger partial charge in [0.25, 0.3) is 5.56 Å². The number of anilines is 1. The van der Waals surface area contributed by atoms with Crippen molar-refractivity contribution in [1.82, 2.24) is 4.57 Å². The number of aryl methyl sites for hydroxylation is 3. The summed E-state index contributed by atoms with van der Waals surface area (Å²) in [5, 5.41) is 3.82. The molecule has 4 aromatic rings. The van der Waals surface area contributed by atoms with E-state index in [0.717, 1.165) is 22.9 Å². The van der Waals surface area contributed by atoms with Crippen LogP contribution in [0.2, 0.25) is 0 Å². The van der Waals surface area contributed by atoms with Crippen molar-refractivity contribution in [1.29, 1.82) is 0 Å². The Morgan fingerprint density at radius 3 is 2.53 bits per heavy atom. The largest absolute Gasteiger partial charge is 0.497 e. The lowest BCUT2D eigenvalue weighted by Crippen LogP contribution is -2.30. The number of nitrogens with one attached hydrogen (secondary N) is 1. The summed E-state index contributed by atoms with van der Waals surface area (Å²) in [5.41, 5.74) is 4.19. The van der Waals surface area contributed by atoms with Gasteiger partial charge in [-0.15, -0.1) is 0 Å². The predicted molar refractivity (Wildman–Crippen MR) is 128 cm³/mol. The van der Waals surface area contributed by atoms with Crippen molar-refractivity contribution in [3.8, 4) is 5.75 Å². The van der Waals surface area contributed by atoms with Crippen LogP contribution < -0.4 is 15.6 Å². The summed E-state index contributed by atoms with van der Waals surface area (Å²) in [6, 6.07) is 25.2. The highest BCUT2D eigenvalue weighted by atomic mass is 16.5. The standard InChI is InChI=1S/C27H26N2O3/c1-19-11-13-21-16-22(14-12-20-7-4-3-5-8-20)27(31)29(25(21)15-19)18-26(30)28-23-9-6-10-24(17-23)32-2/h3-11,13,15-17H,12,14,18H2,1-2H3,(H,28,30). The summed E-state index contributed by atoms with van der Waals surface area (Å²) >= 11 is 0. The maximum atomic E-state index is 13.4. The zero-order valence-electron chi connectivity index (χ0n) is 18.3. The maximum Gasteiger partial charge on any atom is 0.254 e. The first-order chi connectivity index (χ1) is 15.5. The normalized spacial score (nSPS) is 10.8. The fraction of sp³-hybridized carbons (Fsp3) is 0.185. The Morgan fingerprint density at radius 1 is 0.938 bits per heavy atom. The minimum atomic E-state index is -0.261. The van der Waals surface area contributed by atoms with Gasteiger partial charge in [-0.2, -0.15) is 0 Å². The monoisotopic (exact) mass is 426 g/mol. The molecule has 0 spiro atoms. The van der Waals surface area contributed by atoms with Crippen molar-refractivity contribution in [3.63, 3.8) is 0 Å². The molecule has 1 aromatic heterocycles. The number of ether oxygens (including phenoxy) is 1. The molecule has 0 aliphatic rings. The van der Waals surface area contributed by atoms with E-state index in [2.05, 4.69) is 17.4 Å². The summed E-state index contributed by atoms with van der Waals surface area (Å²) in [6.07, 6.45) is 1.38. The Bertz CT molecular complexity index is 1310. The number of hydrogen-bond acceptors (Lipinski definition) is 3. The highest BCUT2D eigenvalue weighted by molar-refractivity contribution is 5.92. The first kappa shape index (κ1) is 21.4. The van der Waals surface area contributed by atoms with Gasteiger partial charge in [0, 0.05) is 17.3 Å². The zero-order valence-corrected chi connectivity index (χ0v) is 18.3. The topological polar surface area (TPSA) is 60.3 Å². The van der Waals surface area contributed by atoms with E-state index in [4.69, 9.17) is 4.74 Å². The van der Waals surface area contributed by atoms with Crippen LogP contribution in [0.25, 0.3) is 10.9 Å². The van der Waals surface area contributed by atoms with E-state index >= 15 is 0 Å². The highest BCUT2D eigenvalue weighted by Crippen LogP contribution is 2.19. The summed E-state index contributed by atoms with van der Waals surface area (Å²) in [4.78, 5) is 26.2. The highest BCUT2D eigenvalue weighted by Gasteiger charge is 2.13. The molecule has 0 saturated carbocycles. The number of fused-ring (bicyclic) bond motifs is 1. The molecule has 0 fully saturated rings. The lowest BCUT2D eigenvalue weighted by molar-refractivity contribution is -0.116. The fourth-order valence-electron chi connectivity index (χ4n) is 3.85. The van der Waals surface area contributed by atoms with Gasteiger partial charge in [-0.05, 0) is 60.5 Å². The molecule has 3 aromatic carbocycles. The van der Waals surface area contributed by atoms with Gasteiger partial charge in [0.05, 0.1) is 12.6 Å². The van der Waals surface area contributed by atoms with E-state index in [1.165, 1.54) is 5.56 Å². The van der Waals surface area contributed by atoms with Gasteiger partial charge in [-0.3, -0.25) is 14.2 Å². The average Bonchev–Trinajstić information content (AvgIpc) is 2.81. The summed E-state index contributed by atoms with van der Waals surface area (Å²) in [5.74, 6) is 0.396. The van der Waals surface area contributed by atoms with E-state index in [1.807, 2.05) is 61.5 Å². The summed E-state index contributed by atoms with van der Waals surface area (Å²) < 4.78 is 6.80. The molecule has 5 nitrogen and oxygen atoms in total. The first-order valence-corrected chi connectivity index (χ1v) is 10.6. The molecular formula is C27H26N2O3. The van der Waals surface area contributed by atoms with Crippen molar-refractivity contribution in [3.05, 3.63) is 106 Å². The van der Waals surface area contributed by atoms with Crippen molar-refractivity contribution < 1.29 is 9.53 Å². The number of aromatic nitrogens is 1. The fourth-order valence-corrected chi connectivity index (χ4v) is 3.85. The second-order valence-corrected chi connectivity index (χ2v) is 7.89. The molecule has 1 amide bonds. The minimum Gasteiger partial charge on any atom is -0.497 e. The maximum absolute atomic E-state index is 13.4. The third kappa shape index (κ3) is 4.89. The smallest absolute Gasteiger partial charge is 0.254 e. The van der Waals surface area contributed by atoms with Crippen LogP contribution in [0.15, 0.2) is 83.7 Å². The van der Waals surface area contributed by atoms with Gasteiger partial charge < -0.3 is 10.1 Å². The van der Waals surface area contributed by atoms with Crippen LogP contribution >= 0.6 is 0 Å². The number of carbonyl (C=O) groups is 1. The molecule has 0 atom stereocenters. The predicted octanol–water partition coefficient (Wildman–Crippen LogP) is 4.74. The van der Waals surface area contributed by atoms with Crippen molar-refractivity contribution >= 4 is 22.5 Å². The van der Waals surface area contributed by atoms with Crippen LogP contribution in [-0.4, -0.2) is 17.6 Å². The van der Waals surface area contributed by atoms with E-state index in [-0.39, 0.29) is 18.0 Å². The second-order valence-electron chi connectivity index (χ2n) is 7.89. The SMILES string of the molecule is COc1cccc(NC(=O)Cn2c(=O)c(CCc3ccccc3)cc3ccc(C)cc32)c1. The molecule has 0 aliphatic carbocycles. The van der Waals surface area contributed by atoms with E-state index in [1.54, 1.807) is 23.8 Å². The number of carbonyl (C=O) groups excluding carboxylic acids is 1. The molecule has 4 rings (SSSR count). The Balaban J connectivity index is 1.65. The van der Waals surface area contributed by atoms with Crippen LogP contribution in [0.4, 0.5) is 5.69 Å². The van der Waals surface area contributed by atoms with Crippen molar-refractivity contribution in [2.75, 3.05) is 12.4 Å². The van der Waals surface area contributed by atoms with Gasteiger partial charge >= 0.3 is 0 Å². The van der Waals surface area contributed by atoms with Gasteiger partial charge in [0.15, 0.2) is 0 Å². The molecule has 0 saturated heterocycles. The third-order valence-corrected chi connectivity index (χ3v) is 5.51. The van der Waals surface area contributed by atoms with Gasteiger partial charge in [-0.25, -0.2) is 0 Å². The number of nitrogens with zero attached hydrogens (tertiary/aromatic N) is 1. The van der Waals surface area contributed by atoms with Gasteiger partial charge in [-0.1, -0.05) is 48.5 Å². The second kappa shape index (κ2) is 9.52. The van der Waals surface area contributed by atoms with Crippen molar-refractivity contribution in [2.24, 2.45) is 0 Å². The average molecular weight is 427 g/mol. The van der Waals surface area contributed by atoms with E-state index in [0.29, 0.717) is 23.4 Å². The van der Waals surface area contributed by atoms with Crippen LogP contribution in [0, 0.1) is 6.92 Å². The molecule has 32 heavy (non-hydrogen) atoms. The molecule has 162 valence electrons. The van der Waals surface area contributed by atoms with Crippen LogP contribution in [0.3, 0.4) is 0 Å². The molecule has 1 N–H and O–H groups in total. The quantitative estimate of drug-likeness (QED) is 0.464. The summed E-state index contributed by atoms with van der Waals surface area (Å²) in [6.45, 7) is 1.92. The Kier molecular flexibility index (Phi) is 6.36. The lowest BCUT2D eigenvalue weighted by Gasteiger charge is -2.14. The molecule has 0 unspecified atom stereocenters. The van der Waals surface area contributed by atoms with Gasteiger partial charge in [0.2, 0.25) is 5.91 Å². The summed E-state index contributed by atoms with van der Waals surface area (Å²) in [7, 11) is 1.58. The Hall–Kier alpha value is -3.86. The lowest BCUT2D eigenvalue weighted by atomic mass is 10.0. The molecule has 0 aliphatic heterocycles. The Labute approximate surface area is 187 Å². The van der Waals surface area contributed by atoms with Gasteiger partial charge in [0.1, 0.15) is 12.3 Å². The first-order valence-electron chi connectivity index (χ1n) is 10.6. The van der Waals surface area contributed by atoms with Crippen LogP contribution in [0.5, 0.6) is 5.75 Å². The van der Waals surface area contributed by atoms with Crippen LogP contribution in [0.1, 0.15) is 16.7 Å². The number of methoxy groups -OCH3 is 1. The Morgan fingerprint density at radius 2 is 1.75 bits per heavy atom. The number of benzene rings is 3. The number of amides is 1. The van der Waals surface area contributed by atoms with Crippen LogP contribution in [-0.2, 0) is 24.2 Å². The molecule has 5 heteroatoms. The minimum absolute atomic E-state index is 0.0603. The third-order valence-electron chi connectivity index (χ3n) is 5.51. The zero-order chi connectivity index (χ0) is 22.5. The molecule has 0 bridgehead atoms. The van der Waals surface area contributed by atoms with E-state index in [9.17, 15) is 9.59 Å².